The van der Waals surface area contributed by atoms with Gasteiger partial charge in [0.25, 0.3) is 0 Å². The number of halogens is 1. The van der Waals surface area contributed by atoms with Gasteiger partial charge in [-0.25, -0.2) is 0 Å². The number of hydrogen-bond donors (Lipinski definition) is 1. The number of thiophene rings is 1. The number of nitrogens with two attached hydrogens (primary N) is 1. The van der Waals surface area contributed by atoms with Crippen molar-refractivity contribution in [2.45, 2.75) is 39.8 Å². The Morgan fingerprint density at radius 1 is 1.50 bits per heavy atom. The third-order valence-corrected chi connectivity index (χ3v) is 4.19. The van der Waals surface area contributed by atoms with Crippen molar-refractivity contribution in [3.8, 4) is 0 Å². The molecule has 1 atom stereocenters. The average molecular weight is 289 g/mol. The fraction of sp³-hybridized carbons (Fsp3) is 0.615. The van der Waals surface area contributed by atoms with Crippen molar-refractivity contribution in [3.63, 3.8) is 0 Å². The molecule has 1 amide bonds. The summed E-state index contributed by atoms with van der Waals surface area (Å²) in [6.07, 6.45) is 0.407. The smallest absolute Gasteiger partial charge is 0.224 e. The van der Waals surface area contributed by atoms with E-state index in [9.17, 15) is 4.79 Å². The molecule has 0 saturated carbocycles. The van der Waals surface area contributed by atoms with Crippen LogP contribution in [0.25, 0.3) is 0 Å². The molecule has 2 N–H and O–H groups in total. The largest absolute Gasteiger partial charge is 0.338 e. The van der Waals surface area contributed by atoms with Gasteiger partial charge >= 0.3 is 0 Å². The van der Waals surface area contributed by atoms with Crippen molar-refractivity contribution in [3.05, 3.63) is 21.3 Å². The maximum absolute atomic E-state index is 12.1. The molecular formula is C13H21ClN2OS. The van der Waals surface area contributed by atoms with Crippen LogP contribution in [-0.4, -0.2) is 23.4 Å². The first-order chi connectivity index (χ1) is 8.43. The summed E-state index contributed by atoms with van der Waals surface area (Å²) in [7, 11) is 0. The standard InChI is InChI=1S/C13H21ClN2OS/c1-4-16(8-10-5-6-12(14)18-10)13(17)7-11(15)9(2)3/h5-6,9,11H,4,7-8,15H2,1-3H3. The second-order valence-corrected chi connectivity index (χ2v) is 6.53. The maximum Gasteiger partial charge on any atom is 0.224 e. The zero-order valence-corrected chi connectivity index (χ0v) is 12.7. The van der Waals surface area contributed by atoms with E-state index in [0.29, 0.717) is 25.4 Å². The van der Waals surface area contributed by atoms with Gasteiger partial charge in [0.15, 0.2) is 0 Å². The van der Waals surface area contributed by atoms with Gasteiger partial charge in [-0.2, -0.15) is 0 Å². The minimum atomic E-state index is -0.0709. The Bertz CT molecular complexity index is 392. The minimum Gasteiger partial charge on any atom is -0.338 e. The van der Waals surface area contributed by atoms with Gasteiger partial charge in [-0.3, -0.25) is 4.79 Å². The molecule has 3 nitrogen and oxygen atoms in total. The molecule has 0 aliphatic heterocycles. The van der Waals surface area contributed by atoms with Crippen LogP contribution in [0.2, 0.25) is 4.34 Å². The lowest BCUT2D eigenvalue weighted by atomic mass is 10.0. The normalized spacial score (nSPS) is 12.8. The summed E-state index contributed by atoms with van der Waals surface area (Å²) < 4.78 is 0.757. The second kappa shape index (κ2) is 7.12. The lowest BCUT2D eigenvalue weighted by Crippen LogP contribution is -2.37. The predicted molar refractivity (Wildman–Crippen MR) is 77.9 cm³/mol. The van der Waals surface area contributed by atoms with Crippen LogP contribution in [0.3, 0.4) is 0 Å². The number of nitrogens with zero attached hydrogens (tertiary/aromatic N) is 1. The van der Waals surface area contributed by atoms with E-state index in [4.69, 9.17) is 17.3 Å². The van der Waals surface area contributed by atoms with E-state index in [1.807, 2.05) is 37.8 Å². The Morgan fingerprint density at radius 3 is 2.61 bits per heavy atom. The summed E-state index contributed by atoms with van der Waals surface area (Å²) in [5.74, 6) is 0.437. The highest BCUT2D eigenvalue weighted by Gasteiger charge is 2.18. The van der Waals surface area contributed by atoms with Crippen molar-refractivity contribution in [1.82, 2.24) is 4.90 Å². The molecule has 1 aromatic heterocycles. The molecule has 0 spiro atoms. The van der Waals surface area contributed by atoms with Crippen LogP contribution < -0.4 is 5.73 Å². The maximum atomic E-state index is 12.1. The van der Waals surface area contributed by atoms with E-state index < -0.39 is 0 Å². The van der Waals surface area contributed by atoms with Gasteiger partial charge in [-0.15, -0.1) is 11.3 Å². The molecule has 102 valence electrons. The molecule has 0 radical (unpaired) electrons. The summed E-state index contributed by atoms with van der Waals surface area (Å²) in [5, 5.41) is 0. The van der Waals surface area contributed by atoms with Crippen LogP contribution in [0.4, 0.5) is 0 Å². The van der Waals surface area contributed by atoms with Crippen LogP contribution >= 0.6 is 22.9 Å². The molecule has 0 aliphatic carbocycles. The lowest BCUT2D eigenvalue weighted by molar-refractivity contribution is -0.132. The summed E-state index contributed by atoms with van der Waals surface area (Å²) in [6, 6.07) is 3.75. The van der Waals surface area contributed by atoms with E-state index >= 15 is 0 Å². The summed E-state index contributed by atoms with van der Waals surface area (Å²) in [5.41, 5.74) is 5.94. The molecule has 5 heteroatoms. The quantitative estimate of drug-likeness (QED) is 0.874. The van der Waals surface area contributed by atoms with E-state index in [0.717, 1.165) is 9.21 Å². The number of rotatable bonds is 6. The Morgan fingerprint density at radius 2 is 2.17 bits per heavy atom. The SMILES string of the molecule is CCN(Cc1ccc(Cl)s1)C(=O)CC(N)C(C)C. The zero-order valence-electron chi connectivity index (χ0n) is 11.1. The highest BCUT2D eigenvalue weighted by Crippen LogP contribution is 2.23. The Labute approximate surface area is 118 Å². The van der Waals surface area contributed by atoms with Gasteiger partial charge in [0.1, 0.15) is 0 Å². The monoisotopic (exact) mass is 288 g/mol. The fourth-order valence-electron chi connectivity index (χ4n) is 1.57. The summed E-state index contributed by atoms with van der Waals surface area (Å²) in [4.78, 5) is 15.0. The molecule has 1 unspecified atom stereocenters. The molecular weight excluding hydrogens is 268 g/mol. The van der Waals surface area contributed by atoms with E-state index in [2.05, 4.69) is 0 Å². The van der Waals surface area contributed by atoms with Crippen molar-refractivity contribution >= 4 is 28.8 Å². The molecule has 0 bridgehead atoms. The van der Waals surface area contributed by atoms with Gasteiger partial charge in [0, 0.05) is 23.9 Å². The van der Waals surface area contributed by atoms with Gasteiger partial charge in [0.05, 0.1) is 10.9 Å². The third-order valence-electron chi connectivity index (χ3n) is 2.98. The highest BCUT2D eigenvalue weighted by molar-refractivity contribution is 7.16. The van der Waals surface area contributed by atoms with Crippen molar-refractivity contribution in [2.24, 2.45) is 11.7 Å². The first-order valence-electron chi connectivity index (χ1n) is 6.21. The molecule has 18 heavy (non-hydrogen) atoms. The number of hydrogen-bond acceptors (Lipinski definition) is 3. The van der Waals surface area contributed by atoms with Gasteiger partial charge in [0.2, 0.25) is 5.91 Å². The average Bonchev–Trinajstić information content (AvgIpc) is 2.71. The Balaban J connectivity index is 2.57. The lowest BCUT2D eigenvalue weighted by Gasteiger charge is -2.23. The van der Waals surface area contributed by atoms with Gasteiger partial charge in [-0.1, -0.05) is 25.4 Å². The van der Waals surface area contributed by atoms with E-state index in [1.54, 1.807) is 0 Å². The zero-order chi connectivity index (χ0) is 13.7. The molecule has 0 fully saturated rings. The molecule has 0 saturated heterocycles. The van der Waals surface area contributed by atoms with Crippen molar-refractivity contribution in [2.75, 3.05) is 6.54 Å². The third kappa shape index (κ3) is 4.59. The summed E-state index contributed by atoms with van der Waals surface area (Å²) >= 11 is 7.40. The van der Waals surface area contributed by atoms with Crippen LogP contribution in [0.5, 0.6) is 0 Å². The molecule has 0 aliphatic rings. The topological polar surface area (TPSA) is 46.3 Å². The minimum absolute atomic E-state index is 0.0709. The van der Waals surface area contributed by atoms with Gasteiger partial charge < -0.3 is 10.6 Å². The van der Waals surface area contributed by atoms with Crippen LogP contribution in [0, 0.1) is 5.92 Å². The van der Waals surface area contributed by atoms with Crippen molar-refractivity contribution < 1.29 is 4.79 Å². The Hall–Kier alpha value is -0.580. The summed E-state index contributed by atoms with van der Waals surface area (Å²) in [6.45, 7) is 7.37. The van der Waals surface area contributed by atoms with Crippen LogP contribution in [-0.2, 0) is 11.3 Å². The van der Waals surface area contributed by atoms with Crippen LogP contribution in [0.1, 0.15) is 32.1 Å². The first kappa shape index (κ1) is 15.5. The molecule has 1 heterocycles. The number of carbonyl (C=O) groups is 1. The Kier molecular flexibility index (Phi) is 6.12. The molecule has 1 aromatic rings. The van der Waals surface area contributed by atoms with E-state index in [1.165, 1.54) is 11.3 Å². The van der Waals surface area contributed by atoms with Crippen LogP contribution in [0.15, 0.2) is 12.1 Å². The second-order valence-electron chi connectivity index (χ2n) is 4.73. The first-order valence-corrected chi connectivity index (χ1v) is 7.41. The number of carbonyl (C=O) groups excluding carboxylic acids is 1. The van der Waals surface area contributed by atoms with E-state index in [-0.39, 0.29) is 11.9 Å². The van der Waals surface area contributed by atoms with Crippen molar-refractivity contribution in [1.29, 1.82) is 0 Å². The molecule has 1 rings (SSSR count). The van der Waals surface area contributed by atoms with Gasteiger partial charge in [-0.05, 0) is 25.0 Å². The molecule has 0 aromatic carbocycles. The predicted octanol–water partition coefficient (Wildman–Crippen LogP) is 3.12. The highest BCUT2D eigenvalue weighted by atomic mass is 35.5. The fourth-order valence-corrected chi connectivity index (χ4v) is 2.67. The number of amides is 1.